The van der Waals surface area contributed by atoms with Crippen LogP contribution in [0.25, 0.3) is 0 Å². The highest BCUT2D eigenvalue weighted by atomic mass is 32.2. The average Bonchev–Trinajstić information content (AvgIpc) is 2.44. The van der Waals surface area contributed by atoms with Crippen molar-refractivity contribution in [3.63, 3.8) is 0 Å². The van der Waals surface area contributed by atoms with E-state index in [1.54, 1.807) is 0 Å². The molecular weight excluding hydrogens is 164 g/mol. The largest absolute Gasteiger partial charge is 0.326 e. The van der Waals surface area contributed by atoms with Gasteiger partial charge in [0.1, 0.15) is 0 Å². The Balaban J connectivity index is 2.35. The van der Waals surface area contributed by atoms with E-state index in [0.29, 0.717) is 6.42 Å². The topological polar surface area (TPSA) is 72.2 Å². The van der Waals surface area contributed by atoms with Crippen LogP contribution in [-0.2, 0) is 10.0 Å². The molecule has 0 unspecified atom stereocenters. The molecule has 0 saturated heterocycles. The Labute approximate surface area is 67.2 Å². The molecule has 3 N–H and O–H groups in total. The summed E-state index contributed by atoms with van der Waals surface area (Å²) in [4.78, 5) is 0. The fourth-order valence-electron chi connectivity index (χ4n) is 0.908. The van der Waals surface area contributed by atoms with Crippen molar-refractivity contribution in [3.8, 4) is 0 Å². The van der Waals surface area contributed by atoms with Crippen LogP contribution in [-0.4, -0.2) is 26.3 Å². The van der Waals surface area contributed by atoms with E-state index < -0.39 is 10.0 Å². The highest BCUT2D eigenvalue weighted by Gasteiger charge is 2.36. The standard InChI is InChI=1S/C6H14N2O2S/c1-2-3-11(9,10)8-6-4-5(6)7/h5-6,8H,2-4,7H2,1H3/t5-,6+/m1/s1. The molecule has 1 aliphatic carbocycles. The van der Waals surface area contributed by atoms with E-state index in [9.17, 15) is 8.42 Å². The molecule has 1 saturated carbocycles. The van der Waals surface area contributed by atoms with E-state index in [1.807, 2.05) is 6.92 Å². The summed E-state index contributed by atoms with van der Waals surface area (Å²) >= 11 is 0. The van der Waals surface area contributed by atoms with Crippen LogP contribution in [0.3, 0.4) is 0 Å². The first-order valence-electron chi connectivity index (χ1n) is 3.81. The zero-order chi connectivity index (χ0) is 8.48. The van der Waals surface area contributed by atoms with Gasteiger partial charge in [0.05, 0.1) is 5.75 Å². The van der Waals surface area contributed by atoms with Crippen molar-refractivity contribution in [3.05, 3.63) is 0 Å². The maximum atomic E-state index is 11.1. The van der Waals surface area contributed by atoms with Crippen LogP contribution in [0.1, 0.15) is 19.8 Å². The van der Waals surface area contributed by atoms with Gasteiger partial charge in [-0.2, -0.15) is 0 Å². The molecule has 5 heteroatoms. The summed E-state index contributed by atoms with van der Waals surface area (Å²) in [6.07, 6.45) is 1.43. The summed E-state index contributed by atoms with van der Waals surface area (Å²) in [7, 11) is -3.03. The van der Waals surface area contributed by atoms with Crippen LogP contribution in [0.2, 0.25) is 0 Å². The maximum Gasteiger partial charge on any atom is 0.211 e. The fourth-order valence-corrected chi connectivity index (χ4v) is 2.30. The van der Waals surface area contributed by atoms with Gasteiger partial charge in [0.2, 0.25) is 10.0 Å². The molecule has 1 aliphatic rings. The summed E-state index contributed by atoms with van der Waals surface area (Å²) in [6.45, 7) is 1.84. The molecule has 2 atom stereocenters. The quantitative estimate of drug-likeness (QED) is 0.604. The third-order valence-electron chi connectivity index (χ3n) is 1.64. The van der Waals surface area contributed by atoms with Gasteiger partial charge in [-0.15, -0.1) is 0 Å². The second-order valence-corrected chi connectivity index (χ2v) is 4.82. The minimum absolute atomic E-state index is 0.00606. The van der Waals surface area contributed by atoms with Crippen molar-refractivity contribution in [1.82, 2.24) is 4.72 Å². The van der Waals surface area contributed by atoms with Gasteiger partial charge in [-0.05, 0) is 12.8 Å². The zero-order valence-corrected chi connectivity index (χ0v) is 7.39. The van der Waals surface area contributed by atoms with Crippen LogP contribution in [0.5, 0.6) is 0 Å². The van der Waals surface area contributed by atoms with Crippen molar-refractivity contribution < 1.29 is 8.42 Å². The number of sulfonamides is 1. The van der Waals surface area contributed by atoms with Crippen molar-refractivity contribution >= 4 is 10.0 Å². The molecule has 0 bridgehead atoms. The van der Waals surface area contributed by atoms with E-state index in [2.05, 4.69) is 4.72 Å². The molecule has 0 amide bonds. The highest BCUT2D eigenvalue weighted by molar-refractivity contribution is 7.89. The van der Waals surface area contributed by atoms with E-state index in [-0.39, 0.29) is 17.8 Å². The number of hydrogen-bond donors (Lipinski definition) is 2. The van der Waals surface area contributed by atoms with Crippen molar-refractivity contribution in [2.75, 3.05) is 5.75 Å². The molecule has 11 heavy (non-hydrogen) atoms. The molecule has 0 aliphatic heterocycles. The van der Waals surface area contributed by atoms with Gasteiger partial charge in [-0.1, -0.05) is 6.92 Å². The average molecular weight is 178 g/mol. The molecule has 0 aromatic rings. The lowest BCUT2D eigenvalue weighted by Crippen LogP contribution is -2.31. The molecule has 1 fully saturated rings. The van der Waals surface area contributed by atoms with Crippen LogP contribution in [0.4, 0.5) is 0 Å². The third kappa shape index (κ3) is 2.76. The normalized spacial score (nSPS) is 30.4. The van der Waals surface area contributed by atoms with E-state index in [4.69, 9.17) is 5.73 Å². The Morgan fingerprint density at radius 2 is 2.18 bits per heavy atom. The van der Waals surface area contributed by atoms with E-state index in [0.717, 1.165) is 6.42 Å². The molecule has 0 aromatic carbocycles. The lowest BCUT2D eigenvalue weighted by molar-refractivity contribution is 0.578. The van der Waals surface area contributed by atoms with Gasteiger partial charge in [0, 0.05) is 12.1 Å². The summed E-state index contributed by atoms with van der Waals surface area (Å²) in [5.74, 6) is 0.205. The van der Waals surface area contributed by atoms with Gasteiger partial charge in [-0.25, -0.2) is 13.1 Å². The Kier molecular flexibility index (Phi) is 2.51. The maximum absolute atomic E-state index is 11.1. The van der Waals surface area contributed by atoms with Crippen LogP contribution < -0.4 is 10.5 Å². The van der Waals surface area contributed by atoms with Gasteiger partial charge < -0.3 is 5.73 Å². The number of nitrogens with two attached hydrogens (primary N) is 1. The fraction of sp³-hybridized carbons (Fsp3) is 1.00. The number of hydrogen-bond acceptors (Lipinski definition) is 3. The monoisotopic (exact) mass is 178 g/mol. The molecule has 66 valence electrons. The third-order valence-corrected chi connectivity index (χ3v) is 3.25. The van der Waals surface area contributed by atoms with Gasteiger partial charge in [0.25, 0.3) is 0 Å². The SMILES string of the molecule is CCCS(=O)(=O)N[C@H]1C[C@H]1N. The molecule has 0 radical (unpaired) electrons. The minimum atomic E-state index is -3.03. The minimum Gasteiger partial charge on any atom is -0.326 e. The van der Waals surface area contributed by atoms with Crippen LogP contribution in [0.15, 0.2) is 0 Å². The lowest BCUT2D eigenvalue weighted by Gasteiger charge is -2.02. The highest BCUT2D eigenvalue weighted by Crippen LogP contribution is 2.18. The van der Waals surface area contributed by atoms with E-state index in [1.165, 1.54) is 0 Å². The Hall–Kier alpha value is -0.130. The number of nitrogens with one attached hydrogen (secondary N) is 1. The zero-order valence-electron chi connectivity index (χ0n) is 6.58. The molecule has 0 aromatic heterocycles. The number of rotatable bonds is 4. The van der Waals surface area contributed by atoms with E-state index >= 15 is 0 Å². The smallest absolute Gasteiger partial charge is 0.211 e. The summed E-state index contributed by atoms with van der Waals surface area (Å²) in [5.41, 5.74) is 5.44. The van der Waals surface area contributed by atoms with Crippen molar-refractivity contribution in [2.24, 2.45) is 5.73 Å². The Bertz CT molecular complexity index is 225. The van der Waals surface area contributed by atoms with Crippen molar-refractivity contribution in [1.29, 1.82) is 0 Å². The second kappa shape index (κ2) is 3.08. The second-order valence-electron chi connectivity index (χ2n) is 2.94. The molecule has 0 spiro atoms. The molecule has 0 heterocycles. The van der Waals surface area contributed by atoms with Gasteiger partial charge in [-0.3, -0.25) is 0 Å². The lowest BCUT2D eigenvalue weighted by atomic mass is 10.6. The molecule has 1 rings (SSSR count). The predicted molar refractivity (Wildman–Crippen MR) is 43.6 cm³/mol. The van der Waals surface area contributed by atoms with Gasteiger partial charge in [0.15, 0.2) is 0 Å². The first kappa shape index (κ1) is 8.96. The Morgan fingerprint density at radius 3 is 2.55 bits per heavy atom. The first-order chi connectivity index (χ1) is 5.05. The van der Waals surface area contributed by atoms with Crippen LogP contribution >= 0.6 is 0 Å². The van der Waals surface area contributed by atoms with Crippen LogP contribution in [0, 0.1) is 0 Å². The predicted octanol–water partition coefficient (Wildman–Crippen LogP) is -0.585. The Morgan fingerprint density at radius 1 is 1.64 bits per heavy atom. The summed E-state index contributed by atoms with van der Waals surface area (Å²) in [5, 5.41) is 0. The molecule has 4 nitrogen and oxygen atoms in total. The van der Waals surface area contributed by atoms with Gasteiger partial charge >= 0.3 is 0 Å². The summed E-state index contributed by atoms with van der Waals surface area (Å²) < 4.78 is 24.6. The summed E-state index contributed by atoms with van der Waals surface area (Å²) in [6, 6.07) is 0.0492. The molecular formula is C6H14N2O2S. The van der Waals surface area contributed by atoms with Crippen molar-refractivity contribution in [2.45, 2.75) is 31.8 Å². The first-order valence-corrected chi connectivity index (χ1v) is 5.46.